The van der Waals surface area contributed by atoms with Crippen molar-refractivity contribution in [1.29, 1.82) is 0 Å². The zero-order valence-corrected chi connectivity index (χ0v) is 19.7. The summed E-state index contributed by atoms with van der Waals surface area (Å²) in [6.45, 7) is 5.69. The summed E-state index contributed by atoms with van der Waals surface area (Å²) in [5, 5.41) is 3.99. The molecule has 0 radical (unpaired) electrons. The molecule has 0 unspecified atom stereocenters. The fourth-order valence-corrected chi connectivity index (χ4v) is 4.91. The van der Waals surface area contributed by atoms with E-state index in [0.717, 1.165) is 54.8 Å². The molecule has 31 heavy (non-hydrogen) atoms. The fraction of sp³-hybridized carbons (Fsp3) is 0.429. The summed E-state index contributed by atoms with van der Waals surface area (Å²) in [6.07, 6.45) is 14.1. The molecule has 0 spiro atoms. The van der Waals surface area contributed by atoms with Crippen LogP contribution in [0.4, 0.5) is 17.0 Å². The number of thioether (sulfide) groups is 1. The predicted octanol–water partition coefficient (Wildman–Crippen LogP) is 4.16. The molecule has 2 aliphatic rings. The number of likely N-dealkylation sites (N-methyl/N-ethyl adjacent to an activating group) is 1. The molecule has 1 fully saturated rings. The van der Waals surface area contributed by atoms with Crippen molar-refractivity contribution < 1.29 is 4.74 Å². The summed E-state index contributed by atoms with van der Waals surface area (Å²) in [7, 11) is 2.13. The van der Waals surface area contributed by atoms with E-state index >= 15 is 0 Å². The molecule has 0 bridgehead atoms. The van der Waals surface area contributed by atoms with E-state index < -0.39 is 0 Å². The maximum Gasteiger partial charge on any atom is 0.328 e. The largest absolute Gasteiger partial charge is 0.424 e. The highest BCUT2D eigenvalue weighted by atomic mass is 32.2. The molecule has 8 nitrogen and oxygen atoms in total. The summed E-state index contributed by atoms with van der Waals surface area (Å²) in [6, 6.07) is 0.291. The Kier molecular flexibility index (Phi) is 7.21. The van der Waals surface area contributed by atoms with Gasteiger partial charge >= 0.3 is 6.01 Å². The molecule has 164 valence electrons. The molecule has 2 aromatic rings. The number of thiazole rings is 1. The number of anilines is 3. The van der Waals surface area contributed by atoms with Crippen LogP contribution in [0.1, 0.15) is 24.6 Å². The van der Waals surface area contributed by atoms with Gasteiger partial charge in [-0.25, -0.2) is 4.98 Å². The number of allylic oxidation sites excluding steroid dienone is 4. The van der Waals surface area contributed by atoms with Crippen molar-refractivity contribution in [3.05, 3.63) is 41.1 Å². The average molecular weight is 458 g/mol. The van der Waals surface area contributed by atoms with Crippen molar-refractivity contribution in [2.24, 2.45) is 0 Å². The van der Waals surface area contributed by atoms with Crippen molar-refractivity contribution in [3.63, 3.8) is 0 Å². The molecule has 0 amide bonds. The van der Waals surface area contributed by atoms with E-state index in [9.17, 15) is 0 Å². The zero-order chi connectivity index (χ0) is 21.6. The predicted molar refractivity (Wildman–Crippen MR) is 129 cm³/mol. The van der Waals surface area contributed by atoms with Crippen molar-refractivity contribution in [2.45, 2.75) is 19.8 Å². The number of nitrogens with one attached hydrogen (secondary N) is 1. The smallest absolute Gasteiger partial charge is 0.328 e. The molecule has 1 aliphatic carbocycles. The molecule has 10 heteroatoms. The molecular formula is C21H27N7OS2. The van der Waals surface area contributed by atoms with Gasteiger partial charge in [0.1, 0.15) is 5.76 Å². The van der Waals surface area contributed by atoms with Crippen LogP contribution >= 0.6 is 23.1 Å². The highest BCUT2D eigenvalue weighted by Crippen LogP contribution is 2.32. The van der Waals surface area contributed by atoms with E-state index in [1.165, 1.54) is 4.91 Å². The Bertz CT molecular complexity index is 993. The van der Waals surface area contributed by atoms with Gasteiger partial charge in [0.15, 0.2) is 5.13 Å². The first-order valence-corrected chi connectivity index (χ1v) is 12.4. The fourth-order valence-electron chi connectivity index (χ4n) is 3.27. The molecule has 1 aliphatic heterocycles. The molecule has 3 heterocycles. The maximum atomic E-state index is 5.97. The van der Waals surface area contributed by atoms with Crippen LogP contribution in [-0.4, -0.2) is 64.3 Å². The Hall–Kier alpha value is -2.43. The van der Waals surface area contributed by atoms with Crippen LogP contribution in [-0.2, 0) is 0 Å². The topological polar surface area (TPSA) is 79.3 Å². The van der Waals surface area contributed by atoms with Crippen LogP contribution in [0.15, 0.2) is 36.3 Å². The van der Waals surface area contributed by atoms with Crippen molar-refractivity contribution >= 4 is 45.0 Å². The normalized spacial score (nSPS) is 17.6. The first kappa shape index (κ1) is 21.8. The molecule has 2 aromatic heterocycles. The summed E-state index contributed by atoms with van der Waals surface area (Å²) >= 11 is 3.28. The second-order valence-electron chi connectivity index (χ2n) is 7.23. The van der Waals surface area contributed by atoms with Gasteiger partial charge in [-0.1, -0.05) is 23.5 Å². The molecular weight excluding hydrogens is 430 g/mol. The zero-order valence-electron chi connectivity index (χ0n) is 18.0. The van der Waals surface area contributed by atoms with Crippen LogP contribution in [0.5, 0.6) is 6.01 Å². The van der Waals surface area contributed by atoms with Gasteiger partial charge in [0.2, 0.25) is 11.9 Å². The highest BCUT2D eigenvalue weighted by Gasteiger charge is 2.20. The Morgan fingerprint density at radius 2 is 2.03 bits per heavy atom. The lowest BCUT2D eigenvalue weighted by molar-refractivity contribution is 0.310. The molecule has 0 aromatic carbocycles. The number of piperazine rings is 1. The Balaban J connectivity index is 1.59. The van der Waals surface area contributed by atoms with E-state index in [0.29, 0.717) is 17.9 Å². The van der Waals surface area contributed by atoms with Crippen LogP contribution in [0.25, 0.3) is 4.91 Å². The average Bonchev–Trinajstić information content (AvgIpc) is 3.24. The summed E-state index contributed by atoms with van der Waals surface area (Å²) in [4.78, 5) is 25.0. The molecule has 1 saturated heterocycles. The van der Waals surface area contributed by atoms with Gasteiger partial charge in [0.25, 0.3) is 0 Å². The standard InChI is InChI=1S/C21H27N7OS2/c1-4-16(30-3)17-14-22-21(31-17)25-18-23-19(28-12-10-27(2)11-13-28)26-20(24-18)29-15-8-6-5-7-9-15/h4,6,8-9,14H,5,7,10-13H2,1-3H3,(H,22,23,24,25,26)/b16-4-. The molecule has 4 rings (SSSR count). The second kappa shape index (κ2) is 10.3. The van der Waals surface area contributed by atoms with Crippen LogP contribution in [0, 0.1) is 0 Å². The van der Waals surface area contributed by atoms with E-state index in [1.54, 1.807) is 23.1 Å². The second-order valence-corrected chi connectivity index (χ2v) is 9.11. The number of rotatable bonds is 7. The Morgan fingerprint density at radius 1 is 1.19 bits per heavy atom. The van der Waals surface area contributed by atoms with E-state index in [-0.39, 0.29) is 0 Å². The lowest BCUT2D eigenvalue weighted by atomic mass is 10.2. The van der Waals surface area contributed by atoms with E-state index in [2.05, 4.69) is 66.6 Å². The molecule has 0 saturated carbocycles. The lowest BCUT2D eigenvalue weighted by Gasteiger charge is -2.32. The quantitative estimate of drug-likeness (QED) is 0.659. The first-order valence-electron chi connectivity index (χ1n) is 10.3. The van der Waals surface area contributed by atoms with Gasteiger partial charge in [0.05, 0.1) is 4.88 Å². The monoisotopic (exact) mass is 457 g/mol. The van der Waals surface area contributed by atoms with Gasteiger partial charge in [-0.05, 0) is 45.2 Å². The van der Waals surface area contributed by atoms with E-state index in [1.807, 2.05) is 19.2 Å². The van der Waals surface area contributed by atoms with Crippen LogP contribution < -0.4 is 15.0 Å². The number of hydrogen-bond acceptors (Lipinski definition) is 10. The minimum atomic E-state index is 0.291. The van der Waals surface area contributed by atoms with Gasteiger partial charge < -0.3 is 14.5 Å². The third-order valence-electron chi connectivity index (χ3n) is 5.01. The van der Waals surface area contributed by atoms with Gasteiger partial charge in [-0.15, -0.1) is 11.8 Å². The number of hydrogen-bond donors (Lipinski definition) is 1. The SMILES string of the molecule is C/C=C(\SC)c1cnc(Nc2nc(OC3=CCCC=C3)nc(N3CCN(C)CC3)n2)s1. The van der Waals surface area contributed by atoms with Crippen molar-refractivity contribution in [2.75, 3.05) is 49.7 Å². The minimum Gasteiger partial charge on any atom is -0.424 e. The highest BCUT2D eigenvalue weighted by molar-refractivity contribution is 8.07. The Morgan fingerprint density at radius 3 is 2.74 bits per heavy atom. The molecule has 0 atom stereocenters. The van der Waals surface area contributed by atoms with Gasteiger partial charge in [-0.3, -0.25) is 5.32 Å². The third kappa shape index (κ3) is 5.63. The molecule has 1 N–H and O–H groups in total. The maximum absolute atomic E-state index is 5.97. The summed E-state index contributed by atoms with van der Waals surface area (Å²) in [5.74, 6) is 1.82. The Labute approximate surface area is 191 Å². The first-order chi connectivity index (χ1) is 15.1. The van der Waals surface area contributed by atoms with E-state index in [4.69, 9.17) is 4.74 Å². The van der Waals surface area contributed by atoms with Gasteiger partial charge in [0, 0.05) is 37.3 Å². The van der Waals surface area contributed by atoms with Crippen molar-refractivity contribution in [3.8, 4) is 6.01 Å². The van der Waals surface area contributed by atoms with Crippen LogP contribution in [0.2, 0.25) is 0 Å². The number of aromatic nitrogens is 4. The third-order valence-corrected chi connectivity index (χ3v) is 6.98. The number of nitrogens with zero attached hydrogens (tertiary/aromatic N) is 6. The van der Waals surface area contributed by atoms with Gasteiger partial charge in [-0.2, -0.15) is 15.0 Å². The van der Waals surface area contributed by atoms with Crippen LogP contribution in [0.3, 0.4) is 0 Å². The summed E-state index contributed by atoms with van der Waals surface area (Å²) < 4.78 is 5.97. The van der Waals surface area contributed by atoms with Crippen molar-refractivity contribution in [1.82, 2.24) is 24.8 Å². The number of ether oxygens (including phenoxy) is 1. The lowest BCUT2D eigenvalue weighted by Crippen LogP contribution is -2.45. The minimum absolute atomic E-state index is 0.291. The summed E-state index contributed by atoms with van der Waals surface area (Å²) in [5.41, 5.74) is 0.